The molecule has 22 heavy (non-hydrogen) atoms. The Balaban J connectivity index is 1.66. The van der Waals surface area contributed by atoms with Crippen molar-refractivity contribution in [2.24, 2.45) is 0 Å². The summed E-state index contributed by atoms with van der Waals surface area (Å²) in [5.41, 5.74) is 2.69. The lowest BCUT2D eigenvalue weighted by molar-refractivity contribution is 0.0474. The number of β-amino-alcohol motifs (C(OH)–C–C–N with tert-alkyl or cyclic N) is 1. The highest BCUT2D eigenvalue weighted by Gasteiger charge is 2.23. The van der Waals surface area contributed by atoms with Crippen molar-refractivity contribution in [3.63, 3.8) is 0 Å². The van der Waals surface area contributed by atoms with Crippen LogP contribution in [0.3, 0.4) is 0 Å². The molecule has 2 heterocycles. The molecule has 0 aliphatic carbocycles. The van der Waals surface area contributed by atoms with E-state index < -0.39 is 6.10 Å². The van der Waals surface area contributed by atoms with Crippen LogP contribution in [0, 0.1) is 0 Å². The molecular weight excluding hydrogens is 298 g/mol. The van der Waals surface area contributed by atoms with E-state index in [2.05, 4.69) is 9.69 Å². The average molecular weight is 317 g/mol. The number of rotatable bonds is 4. The van der Waals surface area contributed by atoms with Crippen molar-refractivity contribution in [2.45, 2.75) is 25.5 Å². The van der Waals surface area contributed by atoms with E-state index in [9.17, 15) is 9.90 Å². The molecule has 1 amide bonds. The highest BCUT2D eigenvalue weighted by molar-refractivity contribution is 7.03. The first kappa shape index (κ1) is 15.0. The van der Waals surface area contributed by atoms with Crippen molar-refractivity contribution < 1.29 is 9.90 Å². The summed E-state index contributed by atoms with van der Waals surface area (Å²) in [5.74, 6) is -0.0143. The van der Waals surface area contributed by atoms with Crippen LogP contribution in [-0.2, 0) is 6.54 Å². The first-order chi connectivity index (χ1) is 10.7. The molecule has 0 spiro atoms. The van der Waals surface area contributed by atoms with E-state index in [-0.39, 0.29) is 5.91 Å². The van der Waals surface area contributed by atoms with Crippen LogP contribution in [0.15, 0.2) is 35.8 Å². The highest BCUT2D eigenvalue weighted by Crippen LogP contribution is 2.17. The molecule has 2 N–H and O–H groups in total. The largest absolute Gasteiger partial charge is 0.391 e. The Kier molecular flexibility index (Phi) is 4.70. The Morgan fingerprint density at radius 1 is 1.50 bits per heavy atom. The van der Waals surface area contributed by atoms with Crippen LogP contribution in [0.5, 0.6) is 0 Å². The molecule has 1 fully saturated rings. The maximum absolute atomic E-state index is 12.5. The number of piperidine rings is 1. The first-order valence-corrected chi connectivity index (χ1v) is 8.25. The number of aliphatic hydroxyl groups excluding tert-OH is 1. The molecule has 0 radical (unpaired) electrons. The van der Waals surface area contributed by atoms with Crippen molar-refractivity contribution >= 4 is 23.1 Å². The molecule has 1 aliphatic heterocycles. The number of hydrogen-bond donors (Lipinski definition) is 2. The fraction of sp³-hybridized carbons (Fsp3) is 0.375. The number of amides is 1. The molecule has 116 valence electrons. The summed E-state index contributed by atoms with van der Waals surface area (Å²) < 4.78 is 4.07. The molecule has 5 nitrogen and oxygen atoms in total. The van der Waals surface area contributed by atoms with Crippen LogP contribution in [0.1, 0.15) is 28.8 Å². The quantitative estimate of drug-likeness (QED) is 0.908. The number of carbonyl (C=O) groups is 1. The molecule has 0 bridgehead atoms. The number of likely N-dealkylation sites (tertiary alicyclic amines) is 1. The van der Waals surface area contributed by atoms with Gasteiger partial charge in [0.1, 0.15) is 0 Å². The summed E-state index contributed by atoms with van der Waals surface area (Å²) in [6.07, 6.45) is 3.07. The van der Waals surface area contributed by atoms with Crippen molar-refractivity contribution in [3.8, 4) is 0 Å². The van der Waals surface area contributed by atoms with Gasteiger partial charge in [-0.25, -0.2) is 4.37 Å². The lowest BCUT2D eigenvalue weighted by atomic mass is 10.1. The van der Waals surface area contributed by atoms with Gasteiger partial charge < -0.3 is 15.3 Å². The van der Waals surface area contributed by atoms with Gasteiger partial charge in [0.25, 0.3) is 5.91 Å². The number of nitrogens with one attached hydrogen (secondary N) is 1. The van der Waals surface area contributed by atoms with Gasteiger partial charge in [-0.3, -0.25) is 4.79 Å². The molecule has 1 atom stereocenters. The summed E-state index contributed by atoms with van der Waals surface area (Å²) in [6.45, 7) is 1.84. The van der Waals surface area contributed by atoms with Crippen LogP contribution in [0.4, 0.5) is 5.69 Å². The van der Waals surface area contributed by atoms with Gasteiger partial charge in [-0.05, 0) is 42.6 Å². The van der Waals surface area contributed by atoms with Gasteiger partial charge in [-0.1, -0.05) is 6.07 Å². The fourth-order valence-corrected chi connectivity index (χ4v) is 3.14. The monoisotopic (exact) mass is 317 g/mol. The number of benzene rings is 1. The van der Waals surface area contributed by atoms with Gasteiger partial charge in [0.05, 0.1) is 6.10 Å². The lowest BCUT2D eigenvalue weighted by Crippen LogP contribution is -2.42. The number of aliphatic hydroxyl groups is 1. The van der Waals surface area contributed by atoms with E-state index in [1.807, 2.05) is 35.8 Å². The summed E-state index contributed by atoms with van der Waals surface area (Å²) >= 11 is 1.43. The Bertz CT molecular complexity index is 630. The van der Waals surface area contributed by atoms with Crippen molar-refractivity contribution in [3.05, 3.63) is 47.0 Å². The maximum Gasteiger partial charge on any atom is 0.254 e. The Hall–Kier alpha value is -1.92. The van der Waals surface area contributed by atoms with Crippen LogP contribution in [0.25, 0.3) is 0 Å². The molecule has 1 saturated heterocycles. The second-order valence-corrected chi connectivity index (χ2v) is 6.17. The number of nitrogens with zero attached hydrogens (tertiary/aromatic N) is 2. The summed E-state index contributed by atoms with van der Waals surface area (Å²) in [4.78, 5) is 14.2. The average Bonchev–Trinajstić information content (AvgIpc) is 3.06. The second-order valence-electron chi connectivity index (χ2n) is 5.51. The molecule has 0 saturated carbocycles. The van der Waals surface area contributed by atoms with Gasteiger partial charge in [-0.2, -0.15) is 0 Å². The standard InChI is InChI=1S/C16H19N3O2S/c20-15-5-2-6-19(10-15)16(21)13-3-1-4-14(7-13)17-8-12-9-18-22-11-12/h1,3-4,7,9,11,15,17,20H,2,5-6,8,10H2. The van der Waals surface area contributed by atoms with E-state index in [4.69, 9.17) is 0 Å². The minimum atomic E-state index is -0.398. The maximum atomic E-state index is 12.5. The summed E-state index contributed by atoms with van der Waals surface area (Å²) in [6, 6.07) is 7.51. The van der Waals surface area contributed by atoms with Crippen LogP contribution >= 0.6 is 11.5 Å². The molecule has 6 heteroatoms. The van der Waals surface area contributed by atoms with E-state index in [0.717, 1.165) is 24.1 Å². The number of aromatic nitrogens is 1. The third-order valence-electron chi connectivity index (χ3n) is 3.77. The smallest absolute Gasteiger partial charge is 0.254 e. The lowest BCUT2D eigenvalue weighted by Gasteiger charge is -2.30. The SMILES string of the molecule is O=C(c1cccc(NCc2cnsc2)c1)N1CCCC(O)C1. The van der Waals surface area contributed by atoms with E-state index >= 15 is 0 Å². The Morgan fingerprint density at radius 2 is 2.41 bits per heavy atom. The van der Waals surface area contributed by atoms with Gasteiger partial charge in [0.15, 0.2) is 0 Å². The minimum Gasteiger partial charge on any atom is -0.391 e. The molecule has 2 aromatic rings. The van der Waals surface area contributed by atoms with Crippen molar-refractivity contribution in [1.82, 2.24) is 9.27 Å². The van der Waals surface area contributed by atoms with E-state index in [1.165, 1.54) is 11.5 Å². The molecule has 1 aromatic carbocycles. The number of anilines is 1. The summed E-state index contributed by atoms with van der Waals surface area (Å²) in [7, 11) is 0. The zero-order chi connectivity index (χ0) is 15.4. The molecule has 1 aromatic heterocycles. The molecule has 1 unspecified atom stereocenters. The van der Waals surface area contributed by atoms with Crippen LogP contribution in [-0.4, -0.2) is 39.5 Å². The minimum absolute atomic E-state index is 0.0143. The Morgan fingerprint density at radius 3 is 3.18 bits per heavy atom. The Labute approximate surface area is 133 Å². The van der Waals surface area contributed by atoms with Gasteiger partial charge >= 0.3 is 0 Å². The molecule has 1 aliphatic rings. The third kappa shape index (κ3) is 3.64. The van der Waals surface area contributed by atoms with Gasteiger partial charge in [-0.15, -0.1) is 0 Å². The normalized spacial score (nSPS) is 18.2. The van der Waals surface area contributed by atoms with Crippen molar-refractivity contribution in [2.75, 3.05) is 18.4 Å². The first-order valence-electron chi connectivity index (χ1n) is 7.42. The molecular formula is C16H19N3O2S. The van der Waals surface area contributed by atoms with Crippen molar-refractivity contribution in [1.29, 1.82) is 0 Å². The topological polar surface area (TPSA) is 65.5 Å². The van der Waals surface area contributed by atoms with Crippen LogP contribution in [0.2, 0.25) is 0 Å². The predicted molar refractivity (Wildman–Crippen MR) is 87.0 cm³/mol. The predicted octanol–water partition coefficient (Wildman–Crippen LogP) is 2.35. The summed E-state index contributed by atoms with van der Waals surface area (Å²) in [5, 5.41) is 15.0. The second kappa shape index (κ2) is 6.89. The van der Waals surface area contributed by atoms with Crippen LogP contribution < -0.4 is 5.32 Å². The highest BCUT2D eigenvalue weighted by atomic mass is 32.1. The third-order valence-corrected chi connectivity index (χ3v) is 4.41. The zero-order valence-corrected chi connectivity index (χ0v) is 13.1. The van der Waals surface area contributed by atoms with E-state index in [0.29, 0.717) is 25.2 Å². The number of carbonyl (C=O) groups excluding carboxylic acids is 1. The van der Waals surface area contributed by atoms with Gasteiger partial charge in [0.2, 0.25) is 0 Å². The molecule has 3 rings (SSSR count). The zero-order valence-electron chi connectivity index (χ0n) is 12.2. The number of hydrogen-bond acceptors (Lipinski definition) is 5. The van der Waals surface area contributed by atoms with Gasteiger partial charge in [0, 0.05) is 48.0 Å². The van der Waals surface area contributed by atoms with E-state index in [1.54, 1.807) is 4.90 Å². The fourth-order valence-electron chi connectivity index (χ4n) is 2.60.